The van der Waals surface area contributed by atoms with Gasteiger partial charge in [-0.15, -0.1) is 0 Å². The molecular formula is C12H20N4O2S. The normalized spacial score (nSPS) is 17.7. The first-order valence-corrected chi connectivity index (χ1v) is 8.16. The Hall–Kier alpha value is -1.18. The summed E-state index contributed by atoms with van der Waals surface area (Å²) in [6.45, 7) is 3.17. The summed E-state index contributed by atoms with van der Waals surface area (Å²) in [4.78, 5) is 6.57. The van der Waals surface area contributed by atoms with Gasteiger partial charge in [0.1, 0.15) is 5.82 Å². The maximum absolute atomic E-state index is 11.5. The van der Waals surface area contributed by atoms with Crippen molar-refractivity contribution in [1.29, 1.82) is 0 Å². The van der Waals surface area contributed by atoms with Crippen LogP contribution in [0.25, 0.3) is 0 Å². The van der Waals surface area contributed by atoms with Gasteiger partial charge in [-0.2, -0.15) is 4.31 Å². The van der Waals surface area contributed by atoms with Gasteiger partial charge in [-0.05, 0) is 13.1 Å². The molecule has 1 aliphatic rings. The third kappa shape index (κ3) is 3.43. The summed E-state index contributed by atoms with van der Waals surface area (Å²) in [6, 6.07) is 3.96. The predicted octanol–water partition coefficient (Wildman–Crippen LogP) is -0.117. The van der Waals surface area contributed by atoms with E-state index in [1.165, 1.54) is 10.6 Å². The Balaban J connectivity index is 2.09. The molecule has 7 heteroatoms. The topological polar surface area (TPSA) is 65.5 Å². The van der Waals surface area contributed by atoms with Gasteiger partial charge in [-0.1, -0.05) is 6.07 Å². The van der Waals surface area contributed by atoms with Crippen molar-refractivity contribution < 1.29 is 8.42 Å². The summed E-state index contributed by atoms with van der Waals surface area (Å²) in [5.74, 6) is 0.949. The molecule has 1 N–H and O–H groups in total. The highest BCUT2D eigenvalue weighted by Crippen LogP contribution is 2.19. The molecule has 1 aromatic rings. The molecule has 0 aromatic carbocycles. The molecule has 0 aliphatic carbocycles. The summed E-state index contributed by atoms with van der Waals surface area (Å²) in [6.07, 6.45) is 3.04. The van der Waals surface area contributed by atoms with E-state index in [0.29, 0.717) is 26.2 Å². The zero-order chi connectivity index (χ0) is 13.9. The second-order valence-corrected chi connectivity index (χ2v) is 6.65. The number of nitrogens with one attached hydrogen (secondary N) is 1. The van der Waals surface area contributed by atoms with Gasteiger partial charge in [0.2, 0.25) is 10.0 Å². The molecule has 0 amide bonds. The molecule has 1 aromatic heterocycles. The summed E-state index contributed by atoms with van der Waals surface area (Å²) in [7, 11) is -1.18. The fourth-order valence-corrected chi connectivity index (χ4v) is 3.10. The summed E-state index contributed by atoms with van der Waals surface area (Å²) in [5, 5.41) is 3.12. The molecule has 0 bridgehead atoms. The number of sulfonamides is 1. The van der Waals surface area contributed by atoms with E-state index in [2.05, 4.69) is 15.2 Å². The van der Waals surface area contributed by atoms with Crippen molar-refractivity contribution in [2.75, 3.05) is 44.4 Å². The number of anilines is 1. The van der Waals surface area contributed by atoms with Crippen molar-refractivity contribution in [3.8, 4) is 0 Å². The molecule has 0 radical (unpaired) electrons. The smallest absolute Gasteiger partial charge is 0.211 e. The Kier molecular flexibility index (Phi) is 4.38. The van der Waals surface area contributed by atoms with Crippen LogP contribution in [0.15, 0.2) is 18.3 Å². The van der Waals surface area contributed by atoms with Gasteiger partial charge in [0.25, 0.3) is 0 Å². The first-order chi connectivity index (χ1) is 9.02. The second kappa shape index (κ2) is 5.85. The van der Waals surface area contributed by atoms with Gasteiger partial charge in [0.05, 0.1) is 6.26 Å². The van der Waals surface area contributed by atoms with Crippen molar-refractivity contribution in [1.82, 2.24) is 14.6 Å². The van der Waals surface area contributed by atoms with E-state index >= 15 is 0 Å². The van der Waals surface area contributed by atoms with Crippen LogP contribution < -0.4 is 10.2 Å². The highest BCUT2D eigenvalue weighted by molar-refractivity contribution is 7.88. The molecule has 1 fully saturated rings. The molecule has 0 spiro atoms. The molecule has 0 atom stereocenters. The second-order valence-electron chi connectivity index (χ2n) is 4.67. The average Bonchev–Trinajstić information content (AvgIpc) is 2.39. The molecule has 0 unspecified atom stereocenters. The van der Waals surface area contributed by atoms with E-state index in [1.807, 2.05) is 19.2 Å². The molecule has 2 heterocycles. The lowest BCUT2D eigenvalue weighted by Gasteiger charge is -2.34. The quantitative estimate of drug-likeness (QED) is 0.835. The number of rotatable bonds is 4. The van der Waals surface area contributed by atoms with Crippen LogP contribution in [0, 0.1) is 0 Å². The van der Waals surface area contributed by atoms with E-state index in [1.54, 1.807) is 6.20 Å². The standard InChI is InChI=1S/C12H20N4O2S/c1-13-10-11-4-3-5-14-12(11)15-6-8-16(9-7-15)19(2,17)18/h3-5,13H,6-10H2,1-2H3. The number of nitrogens with zero attached hydrogens (tertiary/aromatic N) is 3. The Morgan fingerprint density at radius 2 is 2.00 bits per heavy atom. The highest BCUT2D eigenvalue weighted by Gasteiger charge is 2.24. The monoisotopic (exact) mass is 284 g/mol. The van der Waals surface area contributed by atoms with Crippen LogP contribution in [0.3, 0.4) is 0 Å². The van der Waals surface area contributed by atoms with Crippen LogP contribution in [0.1, 0.15) is 5.56 Å². The maximum atomic E-state index is 11.5. The van der Waals surface area contributed by atoms with Gasteiger partial charge in [-0.3, -0.25) is 0 Å². The lowest BCUT2D eigenvalue weighted by molar-refractivity contribution is 0.386. The number of hydrogen-bond acceptors (Lipinski definition) is 5. The minimum Gasteiger partial charge on any atom is -0.354 e. The van der Waals surface area contributed by atoms with E-state index in [9.17, 15) is 8.42 Å². The minimum absolute atomic E-state index is 0.522. The van der Waals surface area contributed by atoms with Crippen LogP contribution >= 0.6 is 0 Å². The summed E-state index contributed by atoms with van der Waals surface area (Å²) in [5.41, 5.74) is 1.14. The first kappa shape index (κ1) is 14.2. The van der Waals surface area contributed by atoms with Crippen molar-refractivity contribution in [2.45, 2.75) is 6.54 Å². The average molecular weight is 284 g/mol. The number of piperazine rings is 1. The first-order valence-electron chi connectivity index (χ1n) is 6.31. The Morgan fingerprint density at radius 1 is 1.32 bits per heavy atom. The highest BCUT2D eigenvalue weighted by atomic mass is 32.2. The zero-order valence-electron chi connectivity index (χ0n) is 11.3. The van der Waals surface area contributed by atoms with Crippen molar-refractivity contribution in [3.63, 3.8) is 0 Å². The van der Waals surface area contributed by atoms with E-state index in [0.717, 1.165) is 17.9 Å². The SMILES string of the molecule is CNCc1cccnc1N1CCN(S(C)(=O)=O)CC1. The van der Waals surface area contributed by atoms with Gasteiger partial charge in [0.15, 0.2) is 0 Å². The predicted molar refractivity (Wildman–Crippen MR) is 75.6 cm³/mol. The van der Waals surface area contributed by atoms with E-state index in [-0.39, 0.29) is 0 Å². The summed E-state index contributed by atoms with van der Waals surface area (Å²) < 4.78 is 24.5. The molecule has 1 aliphatic heterocycles. The molecular weight excluding hydrogens is 264 g/mol. The molecule has 0 saturated carbocycles. The Labute approximate surface area is 114 Å². The number of aromatic nitrogens is 1. The van der Waals surface area contributed by atoms with Gasteiger partial charge in [0, 0.05) is 44.5 Å². The minimum atomic E-state index is -3.08. The molecule has 19 heavy (non-hydrogen) atoms. The number of hydrogen-bond donors (Lipinski definition) is 1. The molecule has 1 saturated heterocycles. The molecule has 2 rings (SSSR count). The van der Waals surface area contributed by atoms with Gasteiger partial charge >= 0.3 is 0 Å². The van der Waals surface area contributed by atoms with Crippen molar-refractivity contribution in [3.05, 3.63) is 23.9 Å². The van der Waals surface area contributed by atoms with Crippen molar-refractivity contribution in [2.24, 2.45) is 0 Å². The Bertz CT molecular complexity index is 524. The molecule has 106 valence electrons. The van der Waals surface area contributed by atoms with Gasteiger partial charge in [-0.25, -0.2) is 13.4 Å². The van der Waals surface area contributed by atoms with E-state index in [4.69, 9.17) is 0 Å². The Morgan fingerprint density at radius 3 is 2.58 bits per heavy atom. The van der Waals surface area contributed by atoms with Crippen LogP contribution in [0.2, 0.25) is 0 Å². The van der Waals surface area contributed by atoms with Crippen molar-refractivity contribution >= 4 is 15.8 Å². The van der Waals surface area contributed by atoms with E-state index < -0.39 is 10.0 Å². The van der Waals surface area contributed by atoms with Crippen LogP contribution in [-0.2, 0) is 16.6 Å². The largest absolute Gasteiger partial charge is 0.354 e. The lowest BCUT2D eigenvalue weighted by Crippen LogP contribution is -2.48. The van der Waals surface area contributed by atoms with Crippen LogP contribution in [0.5, 0.6) is 0 Å². The third-order valence-electron chi connectivity index (χ3n) is 3.24. The fourth-order valence-electron chi connectivity index (χ4n) is 2.27. The zero-order valence-corrected chi connectivity index (χ0v) is 12.2. The van der Waals surface area contributed by atoms with Gasteiger partial charge < -0.3 is 10.2 Å². The fraction of sp³-hybridized carbons (Fsp3) is 0.583. The lowest BCUT2D eigenvalue weighted by atomic mass is 10.2. The number of pyridine rings is 1. The third-order valence-corrected chi connectivity index (χ3v) is 4.55. The maximum Gasteiger partial charge on any atom is 0.211 e. The van der Waals surface area contributed by atoms with Crippen LogP contribution in [-0.4, -0.2) is 57.2 Å². The summed E-state index contributed by atoms with van der Waals surface area (Å²) >= 11 is 0. The molecule has 6 nitrogen and oxygen atoms in total. The van der Waals surface area contributed by atoms with Crippen LogP contribution in [0.4, 0.5) is 5.82 Å².